The van der Waals surface area contributed by atoms with Crippen LogP contribution in [0.1, 0.15) is 63.9 Å². The van der Waals surface area contributed by atoms with E-state index in [4.69, 9.17) is 0 Å². The summed E-state index contributed by atoms with van der Waals surface area (Å²) >= 11 is 1.86. The highest BCUT2D eigenvalue weighted by atomic mass is 32.2. The first kappa shape index (κ1) is 19.1. The van der Waals surface area contributed by atoms with Crippen molar-refractivity contribution in [3.63, 3.8) is 0 Å². The molecule has 0 N–H and O–H groups in total. The van der Waals surface area contributed by atoms with Crippen LogP contribution in [0.2, 0.25) is 0 Å². The van der Waals surface area contributed by atoms with Crippen molar-refractivity contribution in [2.75, 3.05) is 12.8 Å². The van der Waals surface area contributed by atoms with Gasteiger partial charge in [0.15, 0.2) is 0 Å². The van der Waals surface area contributed by atoms with Gasteiger partial charge in [0.2, 0.25) is 0 Å². The molecule has 1 rings (SSSR count). The minimum atomic E-state index is 1.06. The third kappa shape index (κ3) is 9.14. The van der Waals surface area contributed by atoms with Gasteiger partial charge in [-0.2, -0.15) is 0 Å². The average molecular weight is 321 g/mol. The van der Waals surface area contributed by atoms with Crippen molar-refractivity contribution in [3.05, 3.63) is 29.8 Å². The Balaban J connectivity index is 2.04. The lowest BCUT2D eigenvalue weighted by Crippen LogP contribution is -2.06. The molecule has 0 radical (unpaired) electrons. The Bertz CT molecular complexity index is 418. The molecule has 0 atom stereocenters. The van der Waals surface area contributed by atoms with Crippen molar-refractivity contribution in [3.8, 4) is 0 Å². The monoisotopic (exact) mass is 320 g/mol. The van der Waals surface area contributed by atoms with Gasteiger partial charge < -0.3 is 4.31 Å². The molecule has 0 fully saturated rings. The molecule has 0 saturated heterocycles. The molecule has 0 aliphatic rings. The molecule has 2 nitrogen and oxygen atoms in total. The van der Waals surface area contributed by atoms with Gasteiger partial charge in [-0.25, -0.2) is 4.99 Å². The van der Waals surface area contributed by atoms with Crippen LogP contribution in [0, 0.1) is 6.92 Å². The van der Waals surface area contributed by atoms with E-state index in [-0.39, 0.29) is 0 Å². The number of para-hydroxylation sites is 1. The predicted molar refractivity (Wildman–Crippen MR) is 102 cm³/mol. The zero-order chi connectivity index (χ0) is 16.0. The second kappa shape index (κ2) is 12.6. The number of aryl methyl sites for hydroxylation is 1. The fourth-order valence-corrected chi connectivity index (χ4v) is 3.06. The van der Waals surface area contributed by atoms with Crippen molar-refractivity contribution < 1.29 is 0 Å². The van der Waals surface area contributed by atoms with E-state index in [0.29, 0.717) is 0 Å². The number of nitrogens with zero attached hydrogens (tertiary/aromatic N) is 2. The average Bonchev–Trinajstić information content (AvgIpc) is 2.52. The highest BCUT2D eigenvalue weighted by molar-refractivity contribution is 7.97. The fraction of sp³-hybridized carbons (Fsp3) is 0.632. The largest absolute Gasteiger partial charge is 0.310 e. The summed E-state index contributed by atoms with van der Waals surface area (Å²) in [5.74, 6) is 1.19. The number of rotatable bonds is 12. The van der Waals surface area contributed by atoms with Crippen LogP contribution in [-0.2, 0) is 0 Å². The van der Waals surface area contributed by atoms with Crippen molar-refractivity contribution in [2.24, 2.45) is 4.99 Å². The standard InChI is InChI=1S/C19H32N2S/c1-4-5-6-7-8-9-10-13-16-22-21(3)17-20-19-15-12-11-14-18(19)2/h11-12,14-15,17H,4-10,13,16H2,1-3H3. The van der Waals surface area contributed by atoms with Gasteiger partial charge in [0.25, 0.3) is 0 Å². The smallest absolute Gasteiger partial charge is 0.101 e. The van der Waals surface area contributed by atoms with Crippen molar-refractivity contribution in [1.82, 2.24) is 4.31 Å². The van der Waals surface area contributed by atoms with E-state index in [2.05, 4.69) is 48.4 Å². The minimum absolute atomic E-state index is 1.06. The molecule has 0 heterocycles. The molecule has 0 saturated carbocycles. The molecule has 0 spiro atoms. The molecule has 1 aromatic carbocycles. The first-order valence-electron chi connectivity index (χ1n) is 8.69. The highest BCUT2D eigenvalue weighted by Gasteiger charge is 1.97. The van der Waals surface area contributed by atoms with Crippen LogP contribution >= 0.6 is 11.9 Å². The van der Waals surface area contributed by atoms with Crippen LogP contribution in [0.5, 0.6) is 0 Å². The van der Waals surface area contributed by atoms with E-state index in [1.807, 2.05) is 24.4 Å². The summed E-state index contributed by atoms with van der Waals surface area (Å²) in [6.45, 7) is 4.37. The number of benzene rings is 1. The molecule has 0 aliphatic heterocycles. The maximum absolute atomic E-state index is 4.54. The van der Waals surface area contributed by atoms with Crippen molar-refractivity contribution >= 4 is 24.0 Å². The van der Waals surface area contributed by atoms with E-state index in [1.165, 1.54) is 62.7 Å². The summed E-state index contributed by atoms with van der Waals surface area (Å²) in [4.78, 5) is 4.54. The van der Waals surface area contributed by atoms with Crippen LogP contribution in [0.4, 0.5) is 5.69 Å². The molecule has 0 amide bonds. The molecule has 0 aliphatic carbocycles. The van der Waals surface area contributed by atoms with Gasteiger partial charge >= 0.3 is 0 Å². The van der Waals surface area contributed by atoms with Crippen molar-refractivity contribution in [2.45, 2.75) is 65.2 Å². The molecule has 0 aromatic heterocycles. The normalized spacial score (nSPS) is 11.2. The summed E-state index contributed by atoms with van der Waals surface area (Å²) in [5.41, 5.74) is 2.28. The Morgan fingerprint density at radius 3 is 2.32 bits per heavy atom. The summed E-state index contributed by atoms with van der Waals surface area (Å²) in [6.07, 6.45) is 13.0. The van der Waals surface area contributed by atoms with Gasteiger partial charge in [0.1, 0.15) is 6.34 Å². The lowest BCUT2D eigenvalue weighted by atomic mass is 10.1. The van der Waals surface area contributed by atoms with Crippen LogP contribution in [0.15, 0.2) is 29.3 Å². The Kier molecular flexibility index (Phi) is 10.9. The Hall–Kier alpha value is -0.960. The van der Waals surface area contributed by atoms with E-state index in [9.17, 15) is 0 Å². The lowest BCUT2D eigenvalue weighted by Gasteiger charge is -2.11. The van der Waals surface area contributed by atoms with Crippen LogP contribution in [0.25, 0.3) is 0 Å². The summed E-state index contributed by atoms with van der Waals surface area (Å²) in [6, 6.07) is 8.24. The molecule has 3 heteroatoms. The Morgan fingerprint density at radius 1 is 1.00 bits per heavy atom. The number of aliphatic imine (C=N–C) groups is 1. The zero-order valence-corrected chi connectivity index (χ0v) is 15.4. The summed E-state index contributed by atoms with van der Waals surface area (Å²) < 4.78 is 2.12. The maximum Gasteiger partial charge on any atom is 0.101 e. The summed E-state index contributed by atoms with van der Waals surface area (Å²) in [7, 11) is 2.08. The fourth-order valence-electron chi connectivity index (χ4n) is 2.33. The summed E-state index contributed by atoms with van der Waals surface area (Å²) in [5, 5.41) is 0. The topological polar surface area (TPSA) is 15.6 Å². The number of hydrogen-bond donors (Lipinski definition) is 0. The second-order valence-corrected chi connectivity index (χ2v) is 7.13. The first-order valence-corrected chi connectivity index (χ1v) is 9.64. The molecular weight excluding hydrogens is 288 g/mol. The molecule has 0 bridgehead atoms. The molecule has 0 unspecified atom stereocenters. The lowest BCUT2D eigenvalue weighted by molar-refractivity contribution is 0.586. The molecule has 124 valence electrons. The number of hydrogen-bond acceptors (Lipinski definition) is 2. The van der Waals surface area contributed by atoms with Crippen LogP contribution in [0.3, 0.4) is 0 Å². The first-order chi connectivity index (χ1) is 10.7. The maximum atomic E-state index is 4.54. The SMILES string of the molecule is CCCCCCCCCCSN(C)C=Nc1ccccc1C. The molecular formula is C19H32N2S. The Morgan fingerprint density at radius 2 is 1.64 bits per heavy atom. The third-order valence-corrected chi connectivity index (χ3v) is 4.74. The van der Waals surface area contributed by atoms with E-state index < -0.39 is 0 Å². The van der Waals surface area contributed by atoms with Gasteiger partial charge in [-0.1, -0.05) is 70.1 Å². The van der Waals surface area contributed by atoms with E-state index in [0.717, 1.165) is 5.69 Å². The van der Waals surface area contributed by atoms with E-state index in [1.54, 1.807) is 0 Å². The molecule has 22 heavy (non-hydrogen) atoms. The highest BCUT2D eigenvalue weighted by Crippen LogP contribution is 2.17. The predicted octanol–water partition coefficient (Wildman–Crippen LogP) is 6.38. The van der Waals surface area contributed by atoms with Gasteiger partial charge in [0, 0.05) is 12.8 Å². The Labute approximate surface area is 141 Å². The van der Waals surface area contributed by atoms with Crippen molar-refractivity contribution in [1.29, 1.82) is 0 Å². The quantitative estimate of drug-likeness (QED) is 0.192. The molecule has 1 aromatic rings. The minimum Gasteiger partial charge on any atom is -0.310 e. The number of unbranched alkanes of at least 4 members (excludes halogenated alkanes) is 7. The second-order valence-electron chi connectivity index (χ2n) is 5.89. The third-order valence-electron chi connectivity index (χ3n) is 3.77. The van der Waals surface area contributed by atoms with Crippen LogP contribution in [-0.4, -0.2) is 23.4 Å². The zero-order valence-electron chi connectivity index (χ0n) is 14.6. The van der Waals surface area contributed by atoms with E-state index >= 15 is 0 Å². The van der Waals surface area contributed by atoms with Gasteiger partial charge in [-0.3, -0.25) is 0 Å². The van der Waals surface area contributed by atoms with Crippen LogP contribution < -0.4 is 0 Å². The van der Waals surface area contributed by atoms with Gasteiger partial charge in [0.05, 0.1) is 5.69 Å². The van der Waals surface area contributed by atoms with Gasteiger partial charge in [-0.15, -0.1) is 0 Å². The van der Waals surface area contributed by atoms with Gasteiger partial charge in [-0.05, 0) is 36.9 Å².